The number of rotatable bonds is 7. The Morgan fingerprint density at radius 1 is 1.07 bits per heavy atom. The predicted molar refractivity (Wildman–Crippen MR) is 100 cm³/mol. The number of H-pyrrole nitrogens is 1. The van der Waals surface area contributed by atoms with E-state index in [1.165, 1.54) is 18.2 Å². The average Bonchev–Trinajstić information content (AvgIpc) is 3.15. The van der Waals surface area contributed by atoms with Gasteiger partial charge in [0.25, 0.3) is 5.91 Å². The second-order valence-electron chi connectivity index (χ2n) is 6.47. The molecule has 6 heteroatoms. The molecule has 1 heterocycles. The highest BCUT2D eigenvalue weighted by Gasteiger charge is 2.11. The summed E-state index contributed by atoms with van der Waals surface area (Å²) in [6, 6.07) is 12.8. The van der Waals surface area contributed by atoms with E-state index >= 15 is 0 Å². The zero-order valence-electron chi connectivity index (χ0n) is 15.1. The van der Waals surface area contributed by atoms with Crippen LogP contribution in [0.3, 0.4) is 0 Å². The number of benzene rings is 2. The number of hydrogen-bond donors (Lipinski definition) is 2. The topological polar surface area (TPSA) is 57.8 Å². The number of unbranched alkanes of at least 4 members (excludes halogenated alkanes) is 1. The molecular weight excluding hydrogens is 348 g/mol. The van der Waals surface area contributed by atoms with Gasteiger partial charge in [-0.05, 0) is 73.7 Å². The van der Waals surface area contributed by atoms with E-state index in [1.807, 2.05) is 0 Å². The molecule has 0 aliphatic rings. The minimum atomic E-state index is -0.270. The maximum Gasteiger partial charge on any atom is 0.269 e. The predicted octanol–water partition coefficient (Wildman–Crippen LogP) is 4.42. The molecular formula is C21H21F2N3O. The van der Waals surface area contributed by atoms with Crippen LogP contribution in [0.2, 0.25) is 0 Å². The Balaban J connectivity index is 1.46. The molecule has 2 aromatic carbocycles. The van der Waals surface area contributed by atoms with E-state index in [4.69, 9.17) is 0 Å². The summed E-state index contributed by atoms with van der Waals surface area (Å²) < 4.78 is 26.2. The SMILES string of the molecule is Cc1cc(-c2cc(C(=O)NCCCCc3ccc(F)cc3)[nH]n2)ccc1F. The highest BCUT2D eigenvalue weighted by Crippen LogP contribution is 2.20. The first-order chi connectivity index (χ1) is 13.0. The van der Waals surface area contributed by atoms with Gasteiger partial charge in [0.2, 0.25) is 0 Å². The van der Waals surface area contributed by atoms with E-state index in [0.717, 1.165) is 30.4 Å². The Hall–Kier alpha value is -3.02. The number of hydrogen-bond acceptors (Lipinski definition) is 2. The second kappa shape index (κ2) is 8.58. The average molecular weight is 369 g/mol. The van der Waals surface area contributed by atoms with E-state index in [9.17, 15) is 13.6 Å². The smallest absolute Gasteiger partial charge is 0.269 e. The molecule has 0 unspecified atom stereocenters. The van der Waals surface area contributed by atoms with E-state index in [-0.39, 0.29) is 17.5 Å². The monoisotopic (exact) mass is 369 g/mol. The fourth-order valence-electron chi connectivity index (χ4n) is 2.79. The van der Waals surface area contributed by atoms with Crippen LogP contribution in [-0.4, -0.2) is 22.6 Å². The molecule has 2 N–H and O–H groups in total. The van der Waals surface area contributed by atoms with Gasteiger partial charge in [0, 0.05) is 12.1 Å². The van der Waals surface area contributed by atoms with Crippen LogP contribution < -0.4 is 5.32 Å². The summed E-state index contributed by atoms with van der Waals surface area (Å²) in [4.78, 5) is 12.2. The van der Waals surface area contributed by atoms with Crippen LogP contribution in [0.25, 0.3) is 11.3 Å². The first-order valence-corrected chi connectivity index (χ1v) is 8.87. The van der Waals surface area contributed by atoms with Crippen molar-refractivity contribution in [2.24, 2.45) is 0 Å². The lowest BCUT2D eigenvalue weighted by molar-refractivity contribution is 0.0948. The molecule has 0 saturated heterocycles. The number of halogens is 2. The Labute approximate surface area is 156 Å². The van der Waals surface area contributed by atoms with Gasteiger partial charge < -0.3 is 5.32 Å². The zero-order chi connectivity index (χ0) is 19.2. The van der Waals surface area contributed by atoms with E-state index in [0.29, 0.717) is 23.5 Å². The number of nitrogens with zero attached hydrogens (tertiary/aromatic N) is 1. The second-order valence-corrected chi connectivity index (χ2v) is 6.47. The zero-order valence-corrected chi connectivity index (χ0v) is 15.1. The number of carbonyl (C=O) groups excluding carboxylic acids is 1. The van der Waals surface area contributed by atoms with Gasteiger partial charge in [-0.15, -0.1) is 0 Å². The lowest BCUT2D eigenvalue weighted by Gasteiger charge is -2.04. The van der Waals surface area contributed by atoms with Crippen LogP contribution in [0, 0.1) is 18.6 Å². The third kappa shape index (κ3) is 5.00. The van der Waals surface area contributed by atoms with Crippen LogP contribution >= 0.6 is 0 Å². The molecule has 1 aromatic heterocycles. The molecule has 0 radical (unpaired) electrons. The highest BCUT2D eigenvalue weighted by molar-refractivity contribution is 5.93. The number of nitrogens with one attached hydrogen (secondary N) is 2. The van der Waals surface area contributed by atoms with Gasteiger partial charge >= 0.3 is 0 Å². The fraction of sp³-hybridized carbons (Fsp3) is 0.238. The molecule has 1 amide bonds. The van der Waals surface area contributed by atoms with E-state index in [1.54, 1.807) is 37.3 Å². The highest BCUT2D eigenvalue weighted by atomic mass is 19.1. The maximum atomic E-state index is 13.4. The van der Waals surface area contributed by atoms with Crippen LogP contribution in [-0.2, 0) is 6.42 Å². The molecule has 3 rings (SSSR count). The number of aromatic amines is 1. The van der Waals surface area contributed by atoms with Crippen molar-refractivity contribution in [3.05, 3.63) is 77.0 Å². The van der Waals surface area contributed by atoms with Crippen molar-refractivity contribution in [3.63, 3.8) is 0 Å². The maximum absolute atomic E-state index is 13.4. The molecule has 140 valence electrons. The summed E-state index contributed by atoms with van der Waals surface area (Å²) in [5.74, 6) is -0.733. The summed E-state index contributed by atoms with van der Waals surface area (Å²) in [6.07, 6.45) is 2.56. The summed E-state index contributed by atoms with van der Waals surface area (Å²) in [6.45, 7) is 2.23. The van der Waals surface area contributed by atoms with Gasteiger partial charge in [0.15, 0.2) is 0 Å². The van der Waals surface area contributed by atoms with Crippen LogP contribution in [0.4, 0.5) is 8.78 Å². The summed E-state index contributed by atoms with van der Waals surface area (Å²) in [5, 5.41) is 9.70. The van der Waals surface area contributed by atoms with Crippen molar-refractivity contribution >= 4 is 5.91 Å². The first-order valence-electron chi connectivity index (χ1n) is 8.87. The van der Waals surface area contributed by atoms with Crippen molar-refractivity contribution in [2.45, 2.75) is 26.2 Å². The van der Waals surface area contributed by atoms with Crippen LogP contribution in [0.15, 0.2) is 48.5 Å². The lowest BCUT2D eigenvalue weighted by Crippen LogP contribution is -2.24. The normalized spacial score (nSPS) is 10.8. The lowest BCUT2D eigenvalue weighted by atomic mass is 10.1. The van der Waals surface area contributed by atoms with Crippen LogP contribution in [0.1, 0.15) is 34.5 Å². The molecule has 0 saturated carbocycles. The Kier molecular flexibility index (Phi) is 5.96. The molecule has 0 aliphatic heterocycles. The van der Waals surface area contributed by atoms with Crippen molar-refractivity contribution in [3.8, 4) is 11.3 Å². The summed E-state index contributed by atoms with van der Waals surface area (Å²) >= 11 is 0. The van der Waals surface area contributed by atoms with Gasteiger partial charge in [0.05, 0.1) is 5.69 Å². The van der Waals surface area contributed by atoms with Crippen molar-refractivity contribution in [1.82, 2.24) is 15.5 Å². The Bertz CT molecular complexity index is 919. The summed E-state index contributed by atoms with van der Waals surface area (Å²) in [5.41, 5.74) is 3.33. The van der Waals surface area contributed by atoms with Crippen molar-refractivity contribution < 1.29 is 13.6 Å². The molecule has 3 aromatic rings. The fourth-order valence-corrected chi connectivity index (χ4v) is 2.79. The molecule has 0 spiro atoms. The van der Waals surface area contributed by atoms with Gasteiger partial charge in [-0.25, -0.2) is 8.78 Å². The third-order valence-corrected chi connectivity index (χ3v) is 4.37. The van der Waals surface area contributed by atoms with Gasteiger partial charge in [-0.1, -0.05) is 12.1 Å². The number of carbonyl (C=O) groups is 1. The molecule has 0 aliphatic carbocycles. The van der Waals surface area contributed by atoms with E-state index in [2.05, 4.69) is 15.5 Å². The summed E-state index contributed by atoms with van der Waals surface area (Å²) in [7, 11) is 0. The van der Waals surface area contributed by atoms with Gasteiger partial charge in [-0.3, -0.25) is 9.89 Å². The molecule has 0 bridgehead atoms. The van der Waals surface area contributed by atoms with Crippen molar-refractivity contribution in [2.75, 3.05) is 6.54 Å². The van der Waals surface area contributed by atoms with Crippen LogP contribution in [0.5, 0.6) is 0 Å². The standard InChI is InChI=1S/C21H21F2N3O/c1-14-12-16(7-10-18(14)23)19-13-20(26-25-19)21(27)24-11-3-2-4-15-5-8-17(22)9-6-15/h5-10,12-13H,2-4,11H2,1H3,(H,24,27)(H,25,26). The number of aryl methyl sites for hydroxylation is 2. The molecule has 27 heavy (non-hydrogen) atoms. The van der Waals surface area contributed by atoms with Gasteiger partial charge in [0.1, 0.15) is 17.3 Å². The van der Waals surface area contributed by atoms with Gasteiger partial charge in [-0.2, -0.15) is 5.10 Å². The third-order valence-electron chi connectivity index (χ3n) is 4.37. The Morgan fingerprint density at radius 2 is 1.85 bits per heavy atom. The number of aromatic nitrogens is 2. The molecule has 4 nitrogen and oxygen atoms in total. The quantitative estimate of drug-likeness (QED) is 0.606. The minimum absolute atomic E-state index is 0.227. The largest absolute Gasteiger partial charge is 0.351 e. The molecule has 0 fully saturated rings. The minimum Gasteiger partial charge on any atom is -0.351 e. The van der Waals surface area contributed by atoms with Crippen molar-refractivity contribution in [1.29, 1.82) is 0 Å². The Morgan fingerprint density at radius 3 is 2.59 bits per heavy atom. The number of amides is 1. The van der Waals surface area contributed by atoms with E-state index < -0.39 is 0 Å². The molecule has 0 atom stereocenters. The first kappa shape index (κ1) is 18.8.